The number of amides is 3. The molecule has 2 heterocycles. The van der Waals surface area contributed by atoms with Crippen molar-refractivity contribution in [3.63, 3.8) is 0 Å². The first-order valence-corrected chi connectivity index (χ1v) is 13.8. The molecule has 1 saturated heterocycles. The summed E-state index contributed by atoms with van der Waals surface area (Å²) in [5, 5.41) is 15.0. The van der Waals surface area contributed by atoms with Crippen LogP contribution in [0.25, 0.3) is 0 Å². The predicted octanol–water partition coefficient (Wildman–Crippen LogP) is 3.30. The summed E-state index contributed by atoms with van der Waals surface area (Å²) in [4.78, 5) is 41.5. The number of benzene rings is 2. The van der Waals surface area contributed by atoms with E-state index in [1.807, 2.05) is 37.3 Å². The molecule has 5 N–H and O–H groups in total. The molecule has 0 spiro atoms. The number of ether oxygens (including phenoxy) is 2. The number of nitrogens with zero attached hydrogens (tertiary/aromatic N) is 1. The number of nitrogens with one attached hydrogen (secondary N) is 3. The zero-order chi connectivity index (χ0) is 28.6. The molecule has 0 saturated carbocycles. The fourth-order valence-electron chi connectivity index (χ4n) is 4.56. The van der Waals surface area contributed by atoms with Gasteiger partial charge in [0, 0.05) is 41.0 Å². The van der Waals surface area contributed by atoms with Crippen LogP contribution in [-0.4, -0.2) is 61.3 Å². The Morgan fingerprint density at radius 3 is 2.45 bits per heavy atom. The molecule has 1 aromatic heterocycles. The van der Waals surface area contributed by atoms with Gasteiger partial charge in [-0.25, -0.2) is 0 Å². The summed E-state index contributed by atoms with van der Waals surface area (Å²) in [5.41, 5.74) is 6.55. The van der Waals surface area contributed by atoms with Gasteiger partial charge in [-0.15, -0.1) is 11.3 Å². The summed E-state index contributed by atoms with van der Waals surface area (Å²) < 4.78 is 11.0. The minimum absolute atomic E-state index is 0.00100. The molecule has 3 amide bonds. The zero-order valence-corrected chi connectivity index (χ0v) is 23.2. The molecule has 3 atom stereocenters. The molecule has 2 aromatic carbocycles. The van der Waals surface area contributed by atoms with Gasteiger partial charge in [0.2, 0.25) is 11.8 Å². The summed E-state index contributed by atoms with van der Waals surface area (Å²) in [6.45, 7) is 2.37. The average molecular weight is 564 g/mol. The number of nitrogen functional groups attached to an aromatic ring is 1. The van der Waals surface area contributed by atoms with Crippen LogP contribution in [0.3, 0.4) is 0 Å². The number of thiophene rings is 1. The molecule has 1 unspecified atom stereocenters. The van der Waals surface area contributed by atoms with Crippen LogP contribution in [0.2, 0.25) is 0 Å². The molecule has 1 aliphatic heterocycles. The van der Waals surface area contributed by atoms with Crippen molar-refractivity contribution in [2.45, 2.75) is 25.4 Å². The van der Waals surface area contributed by atoms with Crippen molar-refractivity contribution in [2.75, 3.05) is 26.8 Å². The fourth-order valence-corrected chi connectivity index (χ4v) is 5.48. The number of rotatable bonds is 11. The van der Waals surface area contributed by atoms with Gasteiger partial charge in [-0.1, -0.05) is 18.2 Å². The van der Waals surface area contributed by atoms with Crippen molar-refractivity contribution < 1.29 is 23.9 Å². The second-order valence-electron chi connectivity index (χ2n) is 9.62. The van der Waals surface area contributed by atoms with Crippen LogP contribution in [0.1, 0.15) is 40.2 Å². The van der Waals surface area contributed by atoms with Crippen LogP contribution < -0.4 is 21.1 Å². The van der Waals surface area contributed by atoms with E-state index >= 15 is 0 Å². The van der Waals surface area contributed by atoms with E-state index in [-0.39, 0.29) is 36.2 Å². The quantitative estimate of drug-likeness (QED) is 0.208. The SMILES string of the molecule is COC[C@H]1C[C@@H](C(=O)NC(C)c2cc(C(=N)N)cs2)N(C(=O)CNC(=O)c2ccc(Oc3ccccc3)cc2)C1. The Hall–Kier alpha value is -4.22. The third-order valence-electron chi connectivity index (χ3n) is 6.62. The highest BCUT2D eigenvalue weighted by Gasteiger charge is 2.39. The van der Waals surface area contributed by atoms with E-state index in [1.165, 1.54) is 16.2 Å². The lowest BCUT2D eigenvalue weighted by atomic mass is 10.1. The van der Waals surface area contributed by atoms with Gasteiger partial charge in [0.15, 0.2) is 0 Å². The number of methoxy groups -OCH3 is 1. The van der Waals surface area contributed by atoms with Crippen molar-refractivity contribution in [3.8, 4) is 11.5 Å². The third-order valence-corrected chi connectivity index (χ3v) is 7.74. The van der Waals surface area contributed by atoms with Gasteiger partial charge in [-0.05, 0) is 55.8 Å². The maximum Gasteiger partial charge on any atom is 0.251 e. The number of para-hydroxylation sites is 1. The Morgan fingerprint density at radius 1 is 1.10 bits per heavy atom. The molecular weight excluding hydrogens is 530 g/mol. The predicted molar refractivity (Wildman–Crippen MR) is 153 cm³/mol. The summed E-state index contributed by atoms with van der Waals surface area (Å²) in [6, 6.07) is 16.7. The Balaban J connectivity index is 1.35. The number of nitrogens with two attached hydrogens (primary N) is 1. The van der Waals surface area contributed by atoms with E-state index in [9.17, 15) is 14.4 Å². The number of carbonyl (C=O) groups excluding carboxylic acids is 3. The number of carbonyl (C=O) groups is 3. The minimum atomic E-state index is -0.686. The molecule has 0 aliphatic carbocycles. The van der Waals surface area contributed by atoms with Gasteiger partial charge >= 0.3 is 0 Å². The summed E-state index contributed by atoms with van der Waals surface area (Å²) in [5.74, 6) is 0.209. The first kappa shape index (κ1) is 28.8. The lowest BCUT2D eigenvalue weighted by Gasteiger charge is -2.25. The number of likely N-dealkylation sites (tertiary alicyclic amines) is 1. The van der Waals surface area contributed by atoms with Crippen molar-refractivity contribution in [3.05, 3.63) is 82.0 Å². The first-order chi connectivity index (χ1) is 19.2. The highest BCUT2D eigenvalue weighted by molar-refractivity contribution is 7.10. The second kappa shape index (κ2) is 13.2. The van der Waals surface area contributed by atoms with Gasteiger partial charge in [-0.3, -0.25) is 19.8 Å². The van der Waals surface area contributed by atoms with E-state index in [0.29, 0.717) is 42.2 Å². The molecule has 1 aliphatic rings. The molecule has 40 heavy (non-hydrogen) atoms. The van der Waals surface area contributed by atoms with Crippen molar-refractivity contribution in [1.82, 2.24) is 15.5 Å². The Kier molecular flexibility index (Phi) is 9.52. The molecule has 0 radical (unpaired) electrons. The second-order valence-corrected chi connectivity index (χ2v) is 10.6. The fraction of sp³-hybridized carbons (Fsp3) is 0.310. The normalized spacial score (nSPS) is 17.2. The van der Waals surface area contributed by atoms with Crippen LogP contribution in [0.4, 0.5) is 0 Å². The van der Waals surface area contributed by atoms with Gasteiger partial charge in [-0.2, -0.15) is 0 Å². The Bertz CT molecular complexity index is 1340. The van der Waals surface area contributed by atoms with E-state index < -0.39 is 11.9 Å². The minimum Gasteiger partial charge on any atom is -0.457 e. The molecule has 11 heteroatoms. The molecule has 10 nitrogen and oxygen atoms in total. The maximum atomic E-state index is 13.2. The van der Waals surface area contributed by atoms with Crippen LogP contribution in [-0.2, 0) is 14.3 Å². The van der Waals surface area contributed by atoms with Crippen LogP contribution in [0, 0.1) is 11.3 Å². The summed E-state index contributed by atoms with van der Waals surface area (Å²) >= 11 is 1.41. The first-order valence-electron chi connectivity index (χ1n) is 12.9. The third kappa shape index (κ3) is 7.25. The number of amidine groups is 1. The van der Waals surface area contributed by atoms with Gasteiger partial charge in [0.1, 0.15) is 23.4 Å². The maximum absolute atomic E-state index is 13.2. The van der Waals surface area contributed by atoms with Crippen molar-refractivity contribution >= 4 is 34.9 Å². The van der Waals surface area contributed by atoms with E-state index in [0.717, 1.165) is 4.88 Å². The van der Waals surface area contributed by atoms with Crippen molar-refractivity contribution in [2.24, 2.45) is 11.7 Å². The van der Waals surface area contributed by atoms with Crippen LogP contribution >= 0.6 is 11.3 Å². The number of hydrogen-bond donors (Lipinski definition) is 4. The molecule has 1 fully saturated rings. The summed E-state index contributed by atoms with van der Waals surface area (Å²) in [6.07, 6.45) is 0.456. The molecular formula is C29H33N5O5S. The molecule has 4 rings (SSSR count). The van der Waals surface area contributed by atoms with Gasteiger partial charge < -0.3 is 30.7 Å². The standard InChI is InChI=1S/C29H33N5O5S/c1-18(25-13-21(17-40-25)27(30)31)33-29(37)24-12-19(16-38-2)15-34(24)26(35)14-32-28(36)20-8-10-23(11-9-20)39-22-6-4-3-5-7-22/h3-11,13,17-19,24H,12,14-16H2,1-2H3,(H3,30,31)(H,32,36)(H,33,37)/t18?,19-,24-/m0/s1. The van der Waals surface area contributed by atoms with E-state index in [1.54, 1.807) is 42.8 Å². The molecule has 210 valence electrons. The van der Waals surface area contributed by atoms with Crippen LogP contribution in [0.5, 0.6) is 11.5 Å². The van der Waals surface area contributed by atoms with Gasteiger partial charge in [0.25, 0.3) is 5.91 Å². The molecule has 3 aromatic rings. The molecule has 0 bridgehead atoms. The Morgan fingerprint density at radius 2 is 1.80 bits per heavy atom. The monoisotopic (exact) mass is 563 g/mol. The largest absolute Gasteiger partial charge is 0.457 e. The lowest BCUT2D eigenvalue weighted by Crippen LogP contribution is -2.49. The highest BCUT2D eigenvalue weighted by Crippen LogP contribution is 2.27. The Labute approximate surface area is 237 Å². The van der Waals surface area contributed by atoms with Crippen molar-refractivity contribution in [1.29, 1.82) is 5.41 Å². The zero-order valence-electron chi connectivity index (χ0n) is 22.4. The lowest BCUT2D eigenvalue weighted by molar-refractivity contribution is -0.138. The summed E-state index contributed by atoms with van der Waals surface area (Å²) in [7, 11) is 1.58. The van der Waals surface area contributed by atoms with E-state index in [2.05, 4.69) is 10.6 Å². The topological polar surface area (TPSA) is 147 Å². The average Bonchev–Trinajstić information content (AvgIpc) is 3.61. The van der Waals surface area contributed by atoms with E-state index in [4.69, 9.17) is 20.6 Å². The van der Waals surface area contributed by atoms with Gasteiger partial charge in [0.05, 0.1) is 19.2 Å². The smallest absolute Gasteiger partial charge is 0.251 e. The highest BCUT2D eigenvalue weighted by atomic mass is 32.1. The van der Waals surface area contributed by atoms with Crippen LogP contribution in [0.15, 0.2) is 66.0 Å². The number of hydrogen-bond acceptors (Lipinski definition) is 7.